The largest absolute Gasteiger partial charge is 0.370 e. The van der Waals surface area contributed by atoms with Gasteiger partial charge in [0, 0.05) is 50.1 Å². The first kappa shape index (κ1) is 18.0. The minimum atomic E-state index is 0.259. The molecule has 1 aliphatic carbocycles. The van der Waals surface area contributed by atoms with Crippen molar-refractivity contribution in [1.82, 2.24) is 14.9 Å². The molecule has 2 aliphatic rings. The lowest BCUT2D eigenvalue weighted by Crippen LogP contribution is -2.51. The Kier molecular flexibility index (Phi) is 5.16. The molecule has 0 spiro atoms. The van der Waals surface area contributed by atoms with Crippen LogP contribution in [0.15, 0.2) is 47.7 Å². The van der Waals surface area contributed by atoms with Gasteiger partial charge < -0.3 is 15.5 Å². The Bertz CT molecular complexity index is 797. The summed E-state index contributed by atoms with van der Waals surface area (Å²) in [6.45, 7) is 4.18. The lowest BCUT2D eigenvalue weighted by Gasteiger charge is -2.35. The third kappa shape index (κ3) is 4.50. The number of nitrogens with two attached hydrogens (primary N) is 1. The standard InChI is InChI=1S/C20H25ClN6/c21-17-4-1-3-16(13-17)14-20(5-6-20)15-25-18(22)26-9-11-27(12-10-26)19-23-7-2-8-24-19/h1-4,7-8,13H,5-6,9-12,14-15H2,(H2,22,25). The summed E-state index contributed by atoms with van der Waals surface area (Å²) in [6, 6.07) is 9.97. The molecule has 1 saturated carbocycles. The summed E-state index contributed by atoms with van der Waals surface area (Å²) in [6.07, 6.45) is 6.98. The summed E-state index contributed by atoms with van der Waals surface area (Å²) in [4.78, 5) is 17.7. The molecule has 1 aromatic heterocycles. The number of halogens is 1. The monoisotopic (exact) mass is 384 g/mol. The first-order valence-corrected chi connectivity index (χ1v) is 9.83. The predicted molar refractivity (Wildman–Crippen MR) is 109 cm³/mol. The van der Waals surface area contributed by atoms with Crippen LogP contribution in [0.4, 0.5) is 5.95 Å². The molecule has 2 N–H and O–H groups in total. The summed E-state index contributed by atoms with van der Waals surface area (Å²) in [5, 5.41) is 0.798. The van der Waals surface area contributed by atoms with Gasteiger partial charge in [0.2, 0.25) is 5.95 Å². The Hall–Kier alpha value is -2.34. The number of guanidine groups is 1. The average molecular weight is 385 g/mol. The Labute approximate surface area is 165 Å². The molecule has 0 atom stereocenters. The number of hydrogen-bond acceptors (Lipinski definition) is 4. The Morgan fingerprint density at radius 3 is 2.52 bits per heavy atom. The van der Waals surface area contributed by atoms with Gasteiger partial charge in [-0.25, -0.2) is 9.97 Å². The first-order chi connectivity index (χ1) is 13.1. The SMILES string of the molecule is NC(=NCC1(Cc2cccc(Cl)c2)CC1)N1CCN(c2ncccn2)CC1. The second-order valence-electron chi connectivity index (χ2n) is 7.50. The van der Waals surface area contributed by atoms with E-state index in [1.165, 1.54) is 18.4 Å². The van der Waals surface area contributed by atoms with E-state index in [1.807, 2.05) is 18.2 Å². The van der Waals surface area contributed by atoms with Crippen LogP contribution in [0.5, 0.6) is 0 Å². The van der Waals surface area contributed by atoms with Crippen molar-refractivity contribution in [3.05, 3.63) is 53.3 Å². The minimum Gasteiger partial charge on any atom is -0.370 e. The Morgan fingerprint density at radius 1 is 1.11 bits per heavy atom. The quantitative estimate of drug-likeness (QED) is 0.633. The molecule has 7 heteroatoms. The highest BCUT2D eigenvalue weighted by molar-refractivity contribution is 6.30. The van der Waals surface area contributed by atoms with E-state index in [4.69, 9.17) is 22.3 Å². The van der Waals surface area contributed by atoms with Crippen molar-refractivity contribution in [2.24, 2.45) is 16.1 Å². The molecule has 142 valence electrons. The van der Waals surface area contributed by atoms with Gasteiger partial charge in [-0.3, -0.25) is 4.99 Å². The van der Waals surface area contributed by atoms with Crippen LogP contribution in [0.3, 0.4) is 0 Å². The van der Waals surface area contributed by atoms with Crippen molar-refractivity contribution in [3.8, 4) is 0 Å². The minimum absolute atomic E-state index is 0.259. The molecule has 0 amide bonds. The summed E-state index contributed by atoms with van der Waals surface area (Å²) >= 11 is 6.11. The third-order valence-electron chi connectivity index (χ3n) is 5.44. The second-order valence-corrected chi connectivity index (χ2v) is 7.94. The number of piperazine rings is 1. The van der Waals surface area contributed by atoms with Crippen molar-refractivity contribution in [1.29, 1.82) is 0 Å². The maximum absolute atomic E-state index is 6.29. The molecule has 27 heavy (non-hydrogen) atoms. The average Bonchev–Trinajstić information content (AvgIpc) is 3.46. The Balaban J connectivity index is 1.31. The van der Waals surface area contributed by atoms with Gasteiger partial charge in [0.1, 0.15) is 0 Å². The number of benzene rings is 1. The van der Waals surface area contributed by atoms with Gasteiger partial charge >= 0.3 is 0 Å². The summed E-state index contributed by atoms with van der Waals surface area (Å²) in [7, 11) is 0. The Morgan fingerprint density at radius 2 is 1.85 bits per heavy atom. The van der Waals surface area contributed by atoms with Crippen LogP contribution in [-0.2, 0) is 6.42 Å². The van der Waals surface area contributed by atoms with Crippen LogP contribution in [0.25, 0.3) is 0 Å². The molecule has 1 aliphatic heterocycles. The molecular formula is C20H25ClN6. The fourth-order valence-corrected chi connectivity index (χ4v) is 3.80. The summed E-state index contributed by atoms with van der Waals surface area (Å²) in [5.41, 5.74) is 7.83. The van der Waals surface area contributed by atoms with Crippen molar-refractivity contribution < 1.29 is 0 Å². The van der Waals surface area contributed by atoms with Gasteiger partial charge in [0.15, 0.2) is 5.96 Å². The second kappa shape index (κ2) is 7.72. The topological polar surface area (TPSA) is 70.6 Å². The van der Waals surface area contributed by atoms with Crippen LogP contribution in [0.2, 0.25) is 5.02 Å². The number of hydrogen-bond donors (Lipinski definition) is 1. The highest BCUT2D eigenvalue weighted by atomic mass is 35.5. The van der Waals surface area contributed by atoms with E-state index in [2.05, 4.69) is 31.9 Å². The van der Waals surface area contributed by atoms with Crippen LogP contribution < -0.4 is 10.6 Å². The molecule has 4 rings (SSSR count). The molecule has 0 bridgehead atoms. The molecule has 0 unspecified atom stereocenters. The maximum Gasteiger partial charge on any atom is 0.225 e. The van der Waals surface area contributed by atoms with Crippen molar-refractivity contribution in [2.75, 3.05) is 37.6 Å². The fraction of sp³-hybridized carbons (Fsp3) is 0.450. The van der Waals surface area contributed by atoms with E-state index in [0.29, 0.717) is 5.96 Å². The van der Waals surface area contributed by atoms with E-state index < -0.39 is 0 Å². The van der Waals surface area contributed by atoms with E-state index in [1.54, 1.807) is 12.4 Å². The lowest BCUT2D eigenvalue weighted by atomic mass is 9.97. The van der Waals surface area contributed by atoms with Crippen LogP contribution in [0.1, 0.15) is 18.4 Å². The highest BCUT2D eigenvalue weighted by Crippen LogP contribution is 2.48. The van der Waals surface area contributed by atoms with E-state index in [0.717, 1.165) is 50.1 Å². The number of anilines is 1. The van der Waals surface area contributed by atoms with Crippen LogP contribution in [0, 0.1) is 5.41 Å². The molecule has 2 fully saturated rings. The number of aliphatic imine (C=N–C) groups is 1. The van der Waals surface area contributed by atoms with E-state index in [-0.39, 0.29) is 5.41 Å². The normalized spacial score (nSPS) is 19.2. The third-order valence-corrected chi connectivity index (χ3v) is 5.68. The molecule has 0 radical (unpaired) electrons. The van der Waals surface area contributed by atoms with Gasteiger partial charge in [-0.15, -0.1) is 0 Å². The van der Waals surface area contributed by atoms with Crippen LogP contribution in [-0.4, -0.2) is 53.6 Å². The smallest absolute Gasteiger partial charge is 0.225 e. The zero-order chi connectivity index (χ0) is 18.7. The van der Waals surface area contributed by atoms with Gasteiger partial charge in [-0.2, -0.15) is 0 Å². The molecule has 1 aromatic carbocycles. The highest BCUT2D eigenvalue weighted by Gasteiger charge is 2.42. The van der Waals surface area contributed by atoms with Gasteiger partial charge in [-0.1, -0.05) is 23.7 Å². The summed E-state index contributed by atoms with van der Waals surface area (Å²) < 4.78 is 0. The zero-order valence-electron chi connectivity index (χ0n) is 15.4. The van der Waals surface area contributed by atoms with Crippen molar-refractivity contribution in [2.45, 2.75) is 19.3 Å². The number of rotatable bonds is 5. The van der Waals surface area contributed by atoms with Gasteiger partial charge in [0.25, 0.3) is 0 Å². The summed E-state index contributed by atoms with van der Waals surface area (Å²) in [5.74, 6) is 1.44. The predicted octanol–water partition coefficient (Wildman–Crippen LogP) is 2.59. The van der Waals surface area contributed by atoms with Crippen LogP contribution >= 0.6 is 11.6 Å². The number of aromatic nitrogens is 2. The fourth-order valence-electron chi connectivity index (χ4n) is 3.59. The van der Waals surface area contributed by atoms with E-state index in [9.17, 15) is 0 Å². The molecule has 6 nitrogen and oxygen atoms in total. The maximum atomic E-state index is 6.29. The van der Waals surface area contributed by atoms with Crippen molar-refractivity contribution >= 4 is 23.5 Å². The van der Waals surface area contributed by atoms with Gasteiger partial charge in [-0.05, 0) is 48.4 Å². The number of nitrogens with zero attached hydrogens (tertiary/aromatic N) is 5. The first-order valence-electron chi connectivity index (χ1n) is 9.45. The van der Waals surface area contributed by atoms with E-state index >= 15 is 0 Å². The zero-order valence-corrected chi connectivity index (χ0v) is 16.1. The molecular weight excluding hydrogens is 360 g/mol. The molecule has 1 saturated heterocycles. The molecule has 2 heterocycles. The molecule has 2 aromatic rings. The van der Waals surface area contributed by atoms with Crippen molar-refractivity contribution in [3.63, 3.8) is 0 Å². The lowest BCUT2D eigenvalue weighted by molar-refractivity contribution is 0.376. The van der Waals surface area contributed by atoms with Gasteiger partial charge in [0.05, 0.1) is 0 Å².